The van der Waals surface area contributed by atoms with E-state index in [1.54, 1.807) is 28.9 Å². The van der Waals surface area contributed by atoms with E-state index in [1.807, 2.05) is 18.2 Å². The van der Waals surface area contributed by atoms with Crippen LogP contribution in [0.15, 0.2) is 60.7 Å². The van der Waals surface area contributed by atoms with Crippen molar-refractivity contribution in [2.24, 2.45) is 11.7 Å². The van der Waals surface area contributed by atoms with Crippen LogP contribution in [-0.4, -0.2) is 125 Å². The molecule has 4 aromatic rings. The summed E-state index contributed by atoms with van der Waals surface area (Å²) >= 11 is 0. The Balaban J connectivity index is 0.738. The lowest BCUT2D eigenvalue weighted by Gasteiger charge is -2.46. The average molecular weight is 875 g/mol. The zero-order chi connectivity index (χ0) is 44.8. The van der Waals surface area contributed by atoms with Gasteiger partial charge in [-0.05, 0) is 87.2 Å². The molecule has 64 heavy (non-hydrogen) atoms. The number of carbonyl (C=O) groups is 6. The number of likely N-dealkylation sites (tertiary alicyclic amines) is 2. The first-order chi connectivity index (χ1) is 30.9. The molecule has 5 aliphatic rings. The van der Waals surface area contributed by atoms with Gasteiger partial charge in [0.1, 0.15) is 34.7 Å². The molecule has 17 nitrogen and oxygen atoms in total. The zero-order valence-electron chi connectivity index (χ0n) is 35.6. The van der Waals surface area contributed by atoms with E-state index in [9.17, 15) is 33.2 Å². The second-order valence-electron chi connectivity index (χ2n) is 17.4. The molecule has 4 saturated heterocycles. The maximum Gasteiger partial charge on any atom is 0.262 e. The Morgan fingerprint density at radius 2 is 1.58 bits per heavy atom. The molecule has 6 heterocycles. The Morgan fingerprint density at radius 3 is 2.27 bits per heavy atom. The molecule has 9 rings (SSSR count). The lowest BCUT2D eigenvalue weighted by Crippen LogP contribution is -2.54. The van der Waals surface area contributed by atoms with E-state index in [-0.39, 0.29) is 53.7 Å². The highest BCUT2D eigenvalue weighted by atomic mass is 19.1. The van der Waals surface area contributed by atoms with Crippen molar-refractivity contribution in [1.82, 2.24) is 35.1 Å². The van der Waals surface area contributed by atoms with Gasteiger partial charge < -0.3 is 36.2 Å². The van der Waals surface area contributed by atoms with Gasteiger partial charge in [0.25, 0.3) is 23.6 Å². The van der Waals surface area contributed by atoms with Gasteiger partial charge >= 0.3 is 0 Å². The van der Waals surface area contributed by atoms with E-state index in [0.29, 0.717) is 28.8 Å². The molecule has 5 aliphatic heterocycles. The normalized spacial score (nSPS) is 20.3. The maximum absolute atomic E-state index is 13.8. The summed E-state index contributed by atoms with van der Waals surface area (Å²) in [7, 11) is 1.42. The molecule has 0 bridgehead atoms. The number of methoxy groups -OCH3 is 1. The minimum Gasteiger partial charge on any atom is -0.496 e. The van der Waals surface area contributed by atoms with Gasteiger partial charge in [0.15, 0.2) is 0 Å². The Labute approximate surface area is 368 Å². The van der Waals surface area contributed by atoms with Gasteiger partial charge in [0.2, 0.25) is 11.8 Å². The molecule has 0 saturated carbocycles. The minimum absolute atomic E-state index is 0.00704. The van der Waals surface area contributed by atoms with Crippen LogP contribution < -0.4 is 31.7 Å². The van der Waals surface area contributed by atoms with Crippen LogP contribution in [0.1, 0.15) is 91.6 Å². The summed E-state index contributed by atoms with van der Waals surface area (Å²) in [6.07, 6.45) is 4.01. The molecular formula is C46H51FN10O7. The van der Waals surface area contributed by atoms with Crippen LogP contribution in [0.5, 0.6) is 5.75 Å². The molecule has 1 unspecified atom stereocenters. The van der Waals surface area contributed by atoms with Gasteiger partial charge in [-0.15, -0.1) is 0 Å². The third-order valence-corrected chi connectivity index (χ3v) is 13.5. The third kappa shape index (κ3) is 8.18. The average Bonchev–Trinajstić information content (AvgIpc) is 3.76. The fourth-order valence-electron chi connectivity index (χ4n) is 9.97. The van der Waals surface area contributed by atoms with Crippen LogP contribution in [0, 0.1) is 11.7 Å². The number of nitrogens with one attached hydrogen (secondary N) is 2. The second kappa shape index (κ2) is 17.5. The molecule has 0 aliphatic carbocycles. The summed E-state index contributed by atoms with van der Waals surface area (Å²) in [6, 6.07) is 15.8. The van der Waals surface area contributed by atoms with Crippen molar-refractivity contribution in [2.75, 3.05) is 63.6 Å². The molecule has 1 aromatic heterocycles. The molecule has 18 heteroatoms. The van der Waals surface area contributed by atoms with Crippen molar-refractivity contribution in [2.45, 2.75) is 63.2 Å². The van der Waals surface area contributed by atoms with Crippen LogP contribution in [0.2, 0.25) is 0 Å². The number of ether oxygens (including phenoxy) is 1. The number of hydrogen-bond acceptors (Lipinski definition) is 12. The molecule has 6 N–H and O–H groups in total. The molecule has 6 amide bonds. The molecule has 0 radical (unpaired) electrons. The summed E-state index contributed by atoms with van der Waals surface area (Å²) < 4.78 is 20.8. The van der Waals surface area contributed by atoms with Crippen molar-refractivity contribution in [3.8, 4) is 17.0 Å². The number of nitrogens with zero attached hydrogens (tertiary/aromatic N) is 6. The number of hydrogen-bond donors (Lipinski definition) is 4. The highest BCUT2D eigenvalue weighted by Gasteiger charge is 2.45. The molecule has 0 spiro atoms. The monoisotopic (exact) mass is 874 g/mol. The zero-order valence-corrected chi connectivity index (χ0v) is 35.6. The van der Waals surface area contributed by atoms with Crippen molar-refractivity contribution in [3.05, 3.63) is 94.3 Å². The number of fused-ring (bicyclic) bond motifs is 1. The van der Waals surface area contributed by atoms with E-state index >= 15 is 0 Å². The lowest BCUT2D eigenvalue weighted by atomic mass is 9.94. The van der Waals surface area contributed by atoms with E-state index in [1.165, 1.54) is 19.2 Å². The predicted molar refractivity (Wildman–Crippen MR) is 233 cm³/mol. The van der Waals surface area contributed by atoms with Crippen molar-refractivity contribution in [1.29, 1.82) is 0 Å². The molecule has 3 aromatic carbocycles. The SMILES string of the molecule is COc1ccc(F)cc1C(=O)NCc1ccc(-c2nn(C3CCN(C4CCN(CC5CN(c6ccc7c(c6)C(=O)N(C6CCC(=O)NC6=O)C7=O)C5)CC4)CC3)c(N)c2C(N)=O)cc1. The van der Waals surface area contributed by atoms with Crippen molar-refractivity contribution >= 4 is 46.9 Å². The number of carbonyl (C=O) groups excluding carboxylic acids is 6. The summed E-state index contributed by atoms with van der Waals surface area (Å²) in [5.41, 5.74) is 16.0. The standard InChI is InChI=1S/C46H51FN10O7/c1-64-37-10-6-29(47)20-35(37)43(60)50-22-26-2-4-28(5-3-26)40-39(42(49)59)41(48)57(52-40)31-14-18-54(19-15-31)30-12-16-53(17-13-30)23-27-24-55(25-27)32-7-8-33-34(21-32)46(63)56(45(33)62)36-9-11-38(58)51-44(36)61/h2-8,10,20-21,27,30-31,36H,9,11-19,22-25,48H2,1H3,(H2,49,59)(H,50,60)(H,51,58,61). The molecular weight excluding hydrogens is 824 g/mol. The molecule has 4 fully saturated rings. The lowest BCUT2D eigenvalue weighted by molar-refractivity contribution is -0.136. The van der Waals surface area contributed by atoms with Gasteiger partial charge in [-0.25, -0.2) is 9.07 Å². The van der Waals surface area contributed by atoms with Crippen LogP contribution in [-0.2, 0) is 16.1 Å². The summed E-state index contributed by atoms with van der Waals surface area (Å²) in [6.45, 7) is 6.66. The number of primary amides is 1. The van der Waals surface area contributed by atoms with E-state index in [0.717, 1.165) is 93.7 Å². The third-order valence-electron chi connectivity index (χ3n) is 13.5. The first-order valence-electron chi connectivity index (χ1n) is 21.8. The second-order valence-corrected chi connectivity index (χ2v) is 17.4. The Kier molecular flexibility index (Phi) is 11.6. The van der Waals surface area contributed by atoms with Crippen molar-refractivity contribution in [3.63, 3.8) is 0 Å². The van der Waals surface area contributed by atoms with E-state index in [4.69, 9.17) is 21.3 Å². The number of imide groups is 2. The Bertz CT molecular complexity index is 2520. The van der Waals surface area contributed by atoms with Crippen LogP contribution in [0.25, 0.3) is 11.3 Å². The van der Waals surface area contributed by atoms with Crippen molar-refractivity contribution < 1.29 is 37.9 Å². The number of benzene rings is 3. The first kappa shape index (κ1) is 42.6. The minimum atomic E-state index is -0.983. The highest BCUT2D eigenvalue weighted by molar-refractivity contribution is 6.23. The number of rotatable bonds is 12. The number of anilines is 2. The van der Waals surface area contributed by atoms with Crippen LogP contribution in [0.4, 0.5) is 15.9 Å². The highest BCUT2D eigenvalue weighted by Crippen LogP contribution is 2.36. The molecule has 334 valence electrons. The summed E-state index contributed by atoms with van der Waals surface area (Å²) in [5.74, 6) is -2.68. The predicted octanol–water partition coefficient (Wildman–Crippen LogP) is 2.95. The molecule has 1 atom stereocenters. The quantitative estimate of drug-likeness (QED) is 0.151. The number of piperidine rings is 3. The summed E-state index contributed by atoms with van der Waals surface area (Å²) in [5, 5.41) is 9.87. The number of nitrogen functional groups attached to an aromatic ring is 1. The Hall–Kier alpha value is -6.66. The van der Waals surface area contributed by atoms with Gasteiger partial charge in [0.05, 0.1) is 29.8 Å². The largest absolute Gasteiger partial charge is 0.496 e. The van der Waals surface area contributed by atoms with Gasteiger partial charge in [-0.2, -0.15) is 5.10 Å². The van der Waals surface area contributed by atoms with Gasteiger partial charge in [0, 0.05) is 68.9 Å². The smallest absolute Gasteiger partial charge is 0.262 e. The Morgan fingerprint density at radius 1 is 0.875 bits per heavy atom. The van der Waals surface area contributed by atoms with E-state index < -0.39 is 47.3 Å². The van der Waals surface area contributed by atoms with Crippen LogP contribution in [0.3, 0.4) is 0 Å². The topological polar surface area (TPSA) is 219 Å². The van der Waals surface area contributed by atoms with E-state index in [2.05, 4.69) is 25.3 Å². The summed E-state index contributed by atoms with van der Waals surface area (Å²) in [4.78, 5) is 84.3. The maximum atomic E-state index is 13.8. The first-order valence-corrected chi connectivity index (χ1v) is 21.8. The number of halogens is 1. The van der Waals surface area contributed by atoms with Crippen LogP contribution >= 0.6 is 0 Å². The number of nitrogens with two attached hydrogens (primary N) is 2. The van der Waals surface area contributed by atoms with Gasteiger partial charge in [-0.3, -0.25) is 39.0 Å². The number of aromatic nitrogens is 2. The fraction of sp³-hybridized carbons (Fsp3) is 0.413. The fourth-order valence-corrected chi connectivity index (χ4v) is 9.97. The van der Waals surface area contributed by atoms with Gasteiger partial charge in [-0.1, -0.05) is 24.3 Å². The number of amides is 6.